The lowest BCUT2D eigenvalue weighted by Crippen LogP contribution is -2.49. The highest BCUT2D eigenvalue weighted by atomic mass is 32.1. The number of nitrogens with zero attached hydrogens (tertiary/aromatic N) is 4. The summed E-state index contributed by atoms with van der Waals surface area (Å²) in [5, 5.41) is 5.11. The number of aryl methyl sites for hydroxylation is 2. The topological polar surface area (TPSA) is 49.3 Å². The van der Waals surface area contributed by atoms with Crippen molar-refractivity contribution < 1.29 is 4.79 Å². The number of pyridine rings is 1. The second-order valence-corrected chi connectivity index (χ2v) is 8.39. The first-order valence-electron chi connectivity index (χ1n) is 9.15. The summed E-state index contributed by atoms with van der Waals surface area (Å²) in [6.45, 7) is 7.18. The van der Waals surface area contributed by atoms with Crippen LogP contribution in [-0.2, 0) is 6.42 Å². The largest absolute Gasteiger partial charge is 0.353 e. The normalized spacial score (nSPS) is 14.6. The minimum Gasteiger partial charge on any atom is -0.353 e. The average Bonchev–Trinajstić information content (AvgIpc) is 3.37. The van der Waals surface area contributed by atoms with Gasteiger partial charge in [0.2, 0.25) is 0 Å². The zero-order chi connectivity index (χ0) is 18.8. The number of aromatic nitrogens is 2. The summed E-state index contributed by atoms with van der Waals surface area (Å²) in [6.07, 6.45) is 2.86. The van der Waals surface area contributed by atoms with Crippen LogP contribution < -0.4 is 4.90 Å². The smallest absolute Gasteiger partial charge is 0.264 e. The van der Waals surface area contributed by atoms with E-state index in [0.717, 1.165) is 65.1 Å². The van der Waals surface area contributed by atoms with Crippen LogP contribution in [0, 0.1) is 6.92 Å². The number of carbonyl (C=O) groups excluding carboxylic acids is 1. The third kappa shape index (κ3) is 3.75. The van der Waals surface area contributed by atoms with Crippen molar-refractivity contribution in [3.8, 4) is 10.6 Å². The first-order chi connectivity index (χ1) is 13.2. The Labute approximate surface area is 167 Å². The van der Waals surface area contributed by atoms with Crippen molar-refractivity contribution in [1.82, 2.24) is 14.9 Å². The maximum atomic E-state index is 12.6. The second-order valence-electron chi connectivity index (χ2n) is 6.61. The van der Waals surface area contributed by atoms with E-state index in [4.69, 9.17) is 0 Å². The Hall–Kier alpha value is -2.25. The number of amides is 1. The van der Waals surface area contributed by atoms with Gasteiger partial charge in [0.15, 0.2) is 0 Å². The van der Waals surface area contributed by atoms with Gasteiger partial charge in [-0.05, 0) is 42.5 Å². The van der Waals surface area contributed by atoms with Gasteiger partial charge in [-0.2, -0.15) is 0 Å². The van der Waals surface area contributed by atoms with Gasteiger partial charge in [-0.1, -0.05) is 6.92 Å². The quantitative estimate of drug-likeness (QED) is 0.664. The predicted octanol–water partition coefficient (Wildman–Crippen LogP) is 4.10. The van der Waals surface area contributed by atoms with E-state index in [0.29, 0.717) is 0 Å². The molecule has 7 heteroatoms. The van der Waals surface area contributed by atoms with Gasteiger partial charge in [0.25, 0.3) is 5.91 Å². The van der Waals surface area contributed by atoms with Crippen LogP contribution in [0.5, 0.6) is 0 Å². The fourth-order valence-electron chi connectivity index (χ4n) is 3.18. The lowest BCUT2D eigenvalue weighted by molar-refractivity contribution is 0.0751. The minimum atomic E-state index is 0.154. The molecule has 140 valence electrons. The van der Waals surface area contributed by atoms with Crippen LogP contribution in [0.25, 0.3) is 10.6 Å². The summed E-state index contributed by atoms with van der Waals surface area (Å²) >= 11 is 3.19. The second kappa shape index (κ2) is 7.78. The molecular weight excluding hydrogens is 376 g/mol. The highest BCUT2D eigenvalue weighted by Gasteiger charge is 2.24. The molecule has 1 amide bonds. The van der Waals surface area contributed by atoms with Crippen LogP contribution in [0.1, 0.15) is 27.9 Å². The molecule has 0 saturated carbocycles. The molecule has 0 spiro atoms. The highest BCUT2D eigenvalue weighted by Crippen LogP contribution is 2.25. The van der Waals surface area contributed by atoms with E-state index in [2.05, 4.69) is 39.3 Å². The SMILES string of the molecule is CCc1csc(-c2ccc(N3CCN(C(=O)c4sccc4C)CC3)nc2)n1. The molecule has 0 radical (unpaired) electrons. The molecule has 5 nitrogen and oxygen atoms in total. The molecule has 1 aliphatic heterocycles. The zero-order valence-corrected chi connectivity index (χ0v) is 17.1. The van der Waals surface area contributed by atoms with Gasteiger partial charge in [-0.15, -0.1) is 22.7 Å². The first kappa shape index (κ1) is 18.1. The van der Waals surface area contributed by atoms with Gasteiger partial charge >= 0.3 is 0 Å². The van der Waals surface area contributed by atoms with Gasteiger partial charge in [-0.25, -0.2) is 9.97 Å². The number of thiophene rings is 1. The number of piperazine rings is 1. The van der Waals surface area contributed by atoms with Gasteiger partial charge in [-0.3, -0.25) is 4.79 Å². The Morgan fingerprint density at radius 1 is 1.15 bits per heavy atom. The van der Waals surface area contributed by atoms with E-state index >= 15 is 0 Å². The number of rotatable bonds is 4. The monoisotopic (exact) mass is 398 g/mol. The molecule has 0 unspecified atom stereocenters. The molecular formula is C20H22N4OS2. The standard InChI is InChI=1S/C20H22N4OS2/c1-3-16-13-27-19(22-16)15-4-5-17(21-12-15)23-7-9-24(10-8-23)20(25)18-14(2)6-11-26-18/h4-6,11-13H,3,7-10H2,1-2H3. The maximum absolute atomic E-state index is 12.6. The summed E-state index contributed by atoms with van der Waals surface area (Å²) in [5.74, 6) is 1.12. The Morgan fingerprint density at radius 2 is 1.96 bits per heavy atom. The highest BCUT2D eigenvalue weighted by molar-refractivity contribution is 7.13. The van der Waals surface area contributed by atoms with Crippen LogP contribution >= 0.6 is 22.7 Å². The molecule has 0 atom stereocenters. The van der Waals surface area contributed by atoms with Gasteiger partial charge < -0.3 is 9.80 Å². The van der Waals surface area contributed by atoms with Crippen LogP contribution in [0.15, 0.2) is 35.2 Å². The zero-order valence-electron chi connectivity index (χ0n) is 15.5. The molecule has 0 aromatic carbocycles. The van der Waals surface area contributed by atoms with Crippen molar-refractivity contribution in [1.29, 1.82) is 0 Å². The molecule has 4 rings (SSSR count). The number of hydrogen-bond donors (Lipinski definition) is 0. The Morgan fingerprint density at radius 3 is 2.56 bits per heavy atom. The Kier molecular flexibility index (Phi) is 5.22. The van der Waals surface area contributed by atoms with Gasteiger partial charge in [0.05, 0.1) is 10.6 Å². The van der Waals surface area contributed by atoms with E-state index in [1.807, 2.05) is 29.5 Å². The van der Waals surface area contributed by atoms with Gasteiger partial charge in [0, 0.05) is 43.3 Å². The molecule has 0 bridgehead atoms. The summed E-state index contributed by atoms with van der Waals surface area (Å²) in [7, 11) is 0. The molecule has 4 heterocycles. The third-order valence-electron chi connectivity index (χ3n) is 4.86. The minimum absolute atomic E-state index is 0.154. The Balaban J connectivity index is 1.39. The number of hydrogen-bond acceptors (Lipinski definition) is 6. The molecule has 0 aliphatic carbocycles. The van der Waals surface area contributed by atoms with Gasteiger partial charge in [0.1, 0.15) is 10.8 Å². The molecule has 27 heavy (non-hydrogen) atoms. The van der Waals surface area contributed by atoms with Crippen molar-refractivity contribution in [2.45, 2.75) is 20.3 Å². The van der Waals surface area contributed by atoms with E-state index in [9.17, 15) is 4.79 Å². The number of anilines is 1. The fourth-order valence-corrected chi connectivity index (χ4v) is 4.96. The predicted molar refractivity (Wildman–Crippen MR) is 112 cm³/mol. The molecule has 3 aromatic rings. The lowest BCUT2D eigenvalue weighted by Gasteiger charge is -2.35. The van der Waals surface area contributed by atoms with E-state index in [-0.39, 0.29) is 5.91 Å². The Bertz CT molecular complexity index is 924. The molecule has 1 aliphatic rings. The van der Waals surface area contributed by atoms with Crippen LogP contribution in [0.4, 0.5) is 5.82 Å². The summed E-state index contributed by atoms with van der Waals surface area (Å²) in [5.41, 5.74) is 3.25. The number of thiazole rings is 1. The van der Waals surface area contributed by atoms with E-state index in [1.165, 1.54) is 11.3 Å². The van der Waals surface area contributed by atoms with Crippen LogP contribution in [-0.4, -0.2) is 47.0 Å². The first-order valence-corrected chi connectivity index (χ1v) is 10.9. The van der Waals surface area contributed by atoms with Crippen LogP contribution in [0.3, 0.4) is 0 Å². The summed E-state index contributed by atoms with van der Waals surface area (Å²) in [4.78, 5) is 27.0. The van der Waals surface area contributed by atoms with Crippen molar-refractivity contribution >= 4 is 34.4 Å². The third-order valence-corrected chi connectivity index (χ3v) is 6.80. The van der Waals surface area contributed by atoms with Crippen molar-refractivity contribution in [2.75, 3.05) is 31.1 Å². The van der Waals surface area contributed by atoms with Crippen molar-refractivity contribution in [3.63, 3.8) is 0 Å². The summed E-state index contributed by atoms with van der Waals surface area (Å²) < 4.78 is 0. The summed E-state index contributed by atoms with van der Waals surface area (Å²) in [6, 6.07) is 6.15. The molecule has 1 saturated heterocycles. The van der Waals surface area contributed by atoms with E-state index < -0.39 is 0 Å². The van der Waals surface area contributed by atoms with Crippen LogP contribution in [0.2, 0.25) is 0 Å². The average molecular weight is 399 g/mol. The molecule has 3 aromatic heterocycles. The molecule has 1 fully saturated rings. The van der Waals surface area contributed by atoms with Crippen molar-refractivity contribution in [2.24, 2.45) is 0 Å². The lowest BCUT2D eigenvalue weighted by atomic mass is 10.2. The van der Waals surface area contributed by atoms with E-state index in [1.54, 1.807) is 11.3 Å². The molecule has 0 N–H and O–H groups in total. The van der Waals surface area contributed by atoms with Crippen molar-refractivity contribution in [3.05, 3.63) is 51.3 Å². The maximum Gasteiger partial charge on any atom is 0.264 e. The fraction of sp³-hybridized carbons (Fsp3) is 0.350. The number of carbonyl (C=O) groups is 1.